The van der Waals surface area contributed by atoms with Crippen molar-refractivity contribution < 1.29 is 0 Å². The fourth-order valence-electron chi connectivity index (χ4n) is 2.28. The van der Waals surface area contributed by atoms with Gasteiger partial charge in [-0.3, -0.25) is 0 Å². The third-order valence-electron chi connectivity index (χ3n) is 3.25. The zero-order valence-electron chi connectivity index (χ0n) is 9.57. The molecule has 1 aromatic carbocycles. The highest BCUT2D eigenvalue weighted by Crippen LogP contribution is 2.39. The smallest absolute Gasteiger partial charge is 0.0683 e. The Morgan fingerprint density at radius 3 is 2.88 bits per heavy atom. The number of hydrogen-bond donors (Lipinski definition) is 1. The van der Waals surface area contributed by atoms with Crippen molar-refractivity contribution in [3.8, 4) is 0 Å². The van der Waals surface area contributed by atoms with Crippen LogP contribution in [0.15, 0.2) is 23.1 Å². The van der Waals surface area contributed by atoms with Crippen molar-refractivity contribution in [1.29, 1.82) is 0 Å². The summed E-state index contributed by atoms with van der Waals surface area (Å²) in [7, 11) is 2.17. The Kier molecular flexibility index (Phi) is 2.69. The summed E-state index contributed by atoms with van der Waals surface area (Å²) in [5.74, 6) is 1.08. The summed E-state index contributed by atoms with van der Waals surface area (Å²) >= 11 is 1.93. The summed E-state index contributed by atoms with van der Waals surface area (Å²) in [6, 6.07) is 6.86. The highest BCUT2D eigenvalue weighted by molar-refractivity contribution is 7.99. The summed E-state index contributed by atoms with van der Waals surface area (Å²) in [6.07, 6.45) is 0. The molecule has 1 aromatic rings. The molecule has 0 spiro atoms. The molecule has 1 saturated heterocycles. The van der Waals surface area contributed by atoms with E-state index in [1.807, 2.05) is 11.8 Å². The van der Waals surface area contributed by atoms with Crippen molar-refractivity contribution in [3.63, 3.8) is 0 Å². The van der Waals surface area contributed by atoms with Gasteiger partial charge in [0.05, 0.1) is 11.6 Å². The third kappa shape index (κ3) is 1.76. The van der Waals surface area contributed by atoms with Crippen molar-refractivity contribution in [1.82, 2.24) is 5.32 Å². The monoisotopic (exact) mass is 235 g/mol. The molecule has 1 N–H and O–H groups in total. The highest BCUT2D eigenvalue weighted by atomic mass is 32.2. The molecule has 0 aromatic heterocycles. The summed E-state index contributed by atoms with van der Waals surface area (Å²) in [4.78, 5) is 6.21. The lowest BCUT2D eigenvalue weighted by Crippen LogP contribution is -2.43. The number of rotatable bonds is 1. The van der Waals surface area contributed by atoms with Crippen LogP contribution in [0.2, 0.25) is 0 Å². The number of fused-ring (bicyclic) bond motifs is 1. The number of thioether (sulfide) groups is 1. The first kappa shape index (κ1) is 10.3. The summed E-state index contributed by atoms with van der Waals surface area (Å²) in [6.45, 7) is 4.44. The fraction of sp³-hybridized carbons (Fsp3) is 0.500. The Labute approximate surface area is 101 Å². The van der Waals surface area contributed by atoms with Gasteiger partial charge in [0.25, 0.3) is 0 Å². The Morgan fingerprint density at radius 2 is 2.06 bits per heavy atom. The first-order valence-electron chi connectivity index (χ1n) is 5.78. The number of nitrogens with one attached hydrogen (secondary N) is 1. The molecule has 0 bridgehead atoms. The average Bonchev–Trinajstić information content (AvgIpc) is 2.72. The average molecular weight is 235 g/mol. The van der Waals surface area contributed by atoms with E-state index in [0.29, 0.717) is 0 Å². The van der Waals surface area contributed by atoms with Gasteiger partial charge in [-0.05, 0) is 18.2 Å². The zero-order valence-corrected chi connectivity index (χ0v) is 10.4. The van der Waals surface area contributed by atoms with Gasteiger partial charge in [0.15, 0.2) is 0 Å². The minimum Gasteiger partial charge on any atom is -0.369 e. The van der Waals surface area contributed by atoms with E-state index < -0.39 is 0 Å². The first-order chi connectivity index (χ1) is 7.84. The fourth-order valence-corrected chi connectivity index (χ4v) is 3.28. The Bertz CT molecular complexity index is 388. The molecule has 3 rings (SSSR count). The lowest BCUT2D eigenvalue weighted by molar-refractivity contribution is 0.589. The van der Waals surface area contributed by atoms with E-state index in [-0.39, 0.29) is 0 Å². The topological polar surface area (TPSA) is 18.5 Å². The van der Waals surface area contributed by atoms with Gasteiger partial charge in [-0.1, -0.05) is 0 Å². The number of benzene rings is 1. The van der Waals surface area contributed by atoms with Crippen molar-refractivity contribution in [3.05, 3.63) is 18.2 Å². The lowest BCUT2D eigenvalue weighted by atomic mass is 10.2. The van der Waals surface area contributed by atoms with Gasteiger partial charge >= 0.3 is 0 Å². The maximum absolute atomic E-state index is 3.39. The predicted molar refractivity (Wildman–Crippen MR) is 70.7 cm³/mol. The Morgan fingerprint density at radius 1 is 1.25 bits per heavy atom. The van der Waals surface area contributed by atoms with E-state index in [0.717, 1.165) is 32.1 Å². The van der Waals surface area contributed by atoms with Gasteiger partial charge in [0.2, 0.25) is 0 Å². The van der Waals surface area contributed by atoms with Crippen LogP contribution in [0.1, 0.15) is 0 Å². The minimum absolute atomic E-state index is 1.08. The van der Waals surface area contributed by atoms with E-state index in [4.69, 9.17) is 0 Å². The van der Waals surface area contributed by atoms with Crippen LogP contribution in [0.5, 0.6) is 0 Å². The maximum Gasteiger partial charge on any atom is 0.0683 e. The maximum atomic E-state index is 3.39. The zero-order chi connectivity index (χ0) is 11.0. The van der Waals surface area contributed by atoms with Gasteiger partial charge in [0, 0.05) is 43.8 Å². The van der Waals surface area contributed by atoms with Crippen LogP contribution in [0.25, 0.3) is 0 Å². The molecule has 0 amide bonds. The Balaban J connectivity index is 1.88. The second kappa shape index (κ2) is 4.18. The Hall–Kier alpha value is -0.870. The van der Waals surface area contributed by atoms with Crippen LogP contribution in [0.3, 0.4) is 0 Å². The molecular weight excluding hydrogens is 218 g/mol. The van der Waals surface area contributed by atoms with E-state index in [1.54, 1.807) is 0 Å². The number of anilines is 2. The molecule has 2 heterocycles. The molecule has 2 aliphatic rings. The standard InChI is InChI=1S/C12H17N3S/c1-14-9-16-12-3-2-10(8-11(12)14)15-6-4-13-5-7-15/h2-3,8,13H,4-7,9H2,1H3. The molecule has 2 aliphatic heterocycles. The highest BCUT2D eigenvalue weighted by Gasteiger charge is 2.18. The molecule has 0 radical (unpaired) electrons. The van der Waals surface area contributed by atoms with Crippen LogP contribution in [-0.4, -0.2) is 39.1 Å². The van der Waals surface area contributed by atoms with Gasteiger partial charge in [-0.15, -0.1) is 11.8 Å². The SMILES string of the molecule is CN1CSc2ccc(N3CCNCC3)cc21. The van der Waals surface area contributed by atoms with Crippen LogP contribution in [-0.2, 0) is 0 Å². The van der Waals surface area contributed by atoms with E-state index in [2.05, 4.69) is 40.4 Å². The van der Waals surface area contributed by atoms with Gasteiger partial charge in [0.1, 0.15) is 0 Å². The van der Waals surface area contributed by atoms with Crippen molar-refractivity contribution in [2.45, 2.75) is 4.90 Å². The van der Waals surface area contributed by atoms with Crippen LogP contribution < -0.4 is 15.1 Å². The van der Waals surface area contributed by atoms with E-state index in [9.17, 15) is 0 Å². The molecule has 86 valence electrons. The van der Waals surface area contributed by atoms with Gasteiger partial charge in [-0.25, -0.2) is 0 Å². The van der Waals surface area contributed by atoms with Crippen LogP contribution in [0.4, 0.5) is 11.4 Å². The number of nitrogens with zero attached hydrogens (tertiary/aromatic N) is 2. The molecule has 1 fully saturated rings. The molecule has 0 unspecified atom stereocenters. The van der Waals surface area contributed by atoms with Crippen molar-refractivity contribution >= 4 is 23.1 Å². The molecule has 0 saturated carbocycles. The van der Waals surface area contributed by atoms with E-state index in [1.165, 1.54) is 16.3 Å². The van der Waals surface area contributed by atoms with Crippen molar-refractivity contribution in [2.75, 3.05) is 48.9 Å². The quantitative estimate of drug-likeness (QED) is 0.796. The normalized spacial score (nSPS) is 20.1. The molecular formula is C12H17N3S. The van der Waals surface area contributed by atoms with Gasteiger partial charge < -0.3 is 15.1 Å². The van der Waals surface area contributed by atoms with Gasteiger partial charge in [-0.2, -0.15) is 0 Å². The molecule has 4 heteroatoms. The molecule has 0 atom stereocenters. The van der Waals surface area contributed by atoms with Crippen molar-refractivity contribution in [2.24, 2.45) is 0 Å². The minimum atomic E-state index is 1.08. The largest absolute Gasteiger partial charge is 0.369 e. The lowest BCUT2D eigenvalue weighted by Gasteiger charge is -2.30. The number of hydrogen-bond acceptors (Lipinski definition) is 4. The van der Waals surface area contributed by atoms with Crippen LogP contribution in [0, 0.1) is 0 Å². The second-order valence-electron chi connectivity index (χ2n) is 4.36. The molecule has 16 heavy (non-hydrogen) atoms. The van der Waals surface area contributed by atoms with E-state index >= 15 is 0 Å². The second-order valence-corrected chi connectivity index (χ2v) is 5.35. The van der Waals surface area contributed by atoms with Crippen LogP contribution >= 0.6 is 11.8 Å². The summed E-state index contributed by atoms with van der Waals surface area (Å²) < 4.78 is 0. The molecule has 3 nitrogen and oxygen atoms in total. The first-order valence-corrected chi connectivity index (χ1v) is 6.77. The third-order valence-corrected chi connectivity index (χ3v) is 4.42. The molecule has 0 aliphatic carbocycles. The number of piperazine rings is 1. The predicted octanol–water partition coefficient (Wildman–Crippen LogP) is 1.60. The summed E-state index contributed by atoms with van der Waals surface area (Å²) in [5.41, 5.74) is 2.76. The summed E-state index contributed by atoms with van der Waals surface area (Å²) in [5, 5.41) is 3.39.